The maximum absolute atomic E-state index is 12.8. The van der Waals surface area contributed by atoms with E-state index in [0.29, 0.717) is 38.3 Å². The average molecular weight is 424 g/mol. The van der Waals surface area contributed by atoms with Crippen LogP contribution in [0.3, 0.4) is 0 Å². The normalized spacial score (nSPS) is 16.8. The second-order valence-corrected chi connectivity index (χ2v) is 8.28. The number of rotatable bonds is 3. The molecule has 1 aromatic carbocycles. The van der Waals surface area contributed by atoms with Gasteiger partial charge in [0.25, 0.3) is 0 Å². The van der Waals surface area contributed by atoms with Gasteiger partial charge in [-0.3, -0.25) is 9.78 Å². The van der Waals surface area contributed by atoms with Crippen LogP contribution >= 0.6 is 11.6 Å². The van der Waals surface area contributed by atoms with Crippen molar-refractivity contribution in [2.75, 3.05) is 18.0 Å². The lowest BCUT2D eigenvalue weighted by Gasteiger charge is -2.41. The van der Waals surface area contributed by atoms with E-state index in [-0.39, 0.29) is 11.8 Å². The lowest BCUT2D eigenvalue weighted by molar-refractivity contribution is -0.141. The first-order valence-electron chi connectivity index (χ1n) is 9.47. The molecule has 3 heterocycles. The van der Waals surface area contributed by atoms with Crippen LogP contribution in [0.5, 0.6) is 0 Å². The lowest BCUT2D eigenvalue weighted by atomic mass is 9.95. The molecule has 2 aromatic rings. The van der Waals surface area contributed by atoms with Crippen LogP contribution in [-0.2, 0) is 24.1 Å². The van der Waals surface area contributed by atoms with Gasteiger partial charge in [0.1, 0.15) is 5.69 Å². The molecule has 0 atom stereocenters. The molecule has 0 saturated carbocycles. The van der Waals surface area contributed by atoms with Gasteiger partial charge in [0.05, 0.1) is 0 Å². The number of pyridine rings is 1. The van der Waals surface area contributed by atoms with Gasteiger partial charge in [-0.2, -0.15) is 13.2 Å². The maximum atomic E-state index is 12.8. The number of amides is 1. The largest absolute Gasteiger partial charge is 0.433 e. The fourth-order valence-electron chi connectivity index (χ4n) is 4.14. The summed E-state index contributed by atoms with van der Waals surface area (Å²) in [5.74, 6) is 0.191. The number of hydrogen-bond donors (Lipinski definition) is 0. The van der Waals surface area contributed by atoms with Crippen LogP contribution in [0.4, 0.5) is 18.9 Å². The van der Waals surface area contributed by atoms with E-state index >= 15 is 0 Å². The van der Waals surface area contributed by atoms with Gasteiger partial charge in [-0.25, -0.2) is 0 Å². The number of hydrogen-bond acceptors (Lipinski definition) is 3. The lowest BCUT2D eigenvalue weighted by Crippen LogP contribution is -2.48. The van der Waals surface area contributed by atoms with Crippen molar-refractivity contribution in [3.05, 3.63) is 57.4 Å². The number of halogens is 4. The van der Waals surface area contributed by atoms with Crippen LogP contribution in [0.2, 0.25) is 5.02 Å². The molecule has 29 heavy (non-hydrogen) atoms. The van der Waals surface area contributed by atoms with E-state index in [9.17, 15) is 18.0 Å². The number of benzene rings is 1. The molecular formula is C21H21ClF3N3O. The molecule has 2 aliphatic heterocycles. The molecule has 1 aromatic heterocycles. The minimum atomic E-state index is -4.46. The summed E-state index contributed by atoms with van der Waals surface area (Å²) in [7, 11) is 0. The quantitative estimate of drug-likeness (QED) is 0.715. The zero-order valence-electron chi connectivity index (χ0n) is 16.2. The van der Waals surface area contributed by atoms with Crippen molar-refractivity contribution in [2.45, 2.75) is 39.5 Å². The Kier molecular flexibility index (Phi) is 4.97. The minimum Gasteiger partial charge on any atom is -0.371 e. The van der Waals surface area contributed by atoms with Gasteiger partial charge in [0.2, 0.25) is 5.91 Å². The second-order valence-electron chi connectivity index (χ2n) is 7.90. The molecule has 0 bridgehead atoms. The highest BCUT2D eigenvalue weighted by Crippen LogP contribution is 2.36. The van der Waals surface area contributed by atoms with Crippen LogP contribution in [0.1, 0.15) is 34.4 Å². The maximum Gasteiger partial charge on any atom is 0.433 e. The third kappa shape index (κ3) is 3.80. The summed E-state index contributed by atoms with van der Waals surface area (Å²) in [5.41, 5.74) is 3.91. The highest BCUT2D eigenvalue weighted by Gasteiger charge is 2.36. The Morgan fingerprint density at radius 3 is 2.55 bits per heavy atom. The Balaban J connectivity index is 1.35. The smallest absolute Gasteiger partial charge is 0.371 e. The first-order valence-corrected chi connectivity index (χ1v) is 9.84. The van der Waals surface area contributed by atoms with Crippen LogP contribution in [0.15, 0.2) is 24.4 Å². The van der Waals surface area contributed by atoms with Crippen LogP contribution in [-0.4, -0.2) is 28.9 Å². The summed E-state index contributed by atoms with van der Waals surface area (Å²) in [6.45, 7) is 6.21. The zero-order valence-corrected chi connectivity index (χ0v) is 16.9. The van der Waals surface area contributed by atoms with E-state index in [2.05, 4.69) is 4.98 Å². The van der Waals surface area contributed by atoms with E-state index in [1.165, 1.54) is 6.20 Å². The first kappa shape index (κ1) is 20.0. The first-order chi connectivity index (χ1) is 13.6. The van der Waals surface area contributed by atoms with Crippen LogP contribution < -0.4 is 4.90 Å². The molecule has 1 amide bonds. The molecule has 0 unspecified atom stereocenters. The van der Waals surface area contributed by atoms with Crippen molar-refractivity contribution in [1.82, 2.24) is 9.88 Å². The summed E-state index contributed by atoms with van der Waals surface area (Å²) in [6, 6.07) is 4.67. The number of aromatic nitrogens is 1. The van der Waals surface area contributed by atoms with Crippen molar-refractivity contribution in [3.8, 4) is 0 Å². The van der Waals surface area contributed by atoms with E-state index < -0.39 is 11.9 Å². The summed E-state index contributed by atoms with van der Waals surface area (Å²) < 4.78 is 38.5. The van der Waals surface area contributed by atoms with Crippen LogP contribution in [0, 0.1) is 19.8 Å². The monoisotopic (exact) mass is 423 g/mol. The molecule has 4 rings (SSSR count). The Bertz CT molecular complexity index is 970. The van der Waals surface area contributed by atoms with E-state index in [1.54, 1.807) is 6.07 Å². The topological polar surface area (TPSA) is 36.4 Å². The Labute approximate surface area is 172 Å². The van der Waals surface area contributed by atoms with Gasteiger partial charge in [-0.15, -0.1) is 0 Å². The van der Waals surface area contributed by atoms with Gasteiger partial charge in [0, 0.05) is 55.4 Å². The van der Waals surface area contributed by atoms with Gasteiger partial charge in [-0.1, -0.05) is 17.7 Å². The molecule has 8 heteroatoms. The minimum absolute atomic E-state index is 0.0599. The van der Waals surface area contributed by atoms with Crippen molar-refractivity contribution in [1.29, 1.82) is 0 Å². The summed E-state index contributed by atoms with van der Waals surface area (Å²) >= 11 is 6.43. The third-order valence-electron chi connectivity index (χ3n) is 5.75. The molecule has 0 spiro atoms. The molecule has 154 valence electrons. The summed E-state index contributed by atoms with van der Waals surface area (Å²) in [4.78, 5) is 19.8. The van der Waals surface area contributed by atoms with E-state index in [4.69, 9.17) is 11.6 Å². The summed E-state index contributed by atoms with van der Waals surface area (Å²) in [5, 5.41) is 0.730. The van der Waals surface area contributed by atoms with Crippen molar-refractivity contribution < 1.29 is 18.0 Å². The predicted octanol–water partition coefficient (Wildman–Crippen LogP) is 4.74. The van der Waals surface area contributed by atoms with Crippen molar-refractivity contribution in [2.24, 2.45) is 5.92 Å². The van der Waals surface area contributed by atoms with E-state index in [0.717, 1.165) is 33.3 Å². The molecule has 0 N–H and O–H groups in total. The standard InChI is InChI=1S/C21H21ClF3N3O/c1-12-5-13(2)20(22)17-11-28(10-16(12)17)19(29)6-14-8-27(9-14)15-3-4-26-18(7-15)21(23,24)25/h3-5,7,14H,6,8-11H2,1-2H3. The molecule has 0 aliphatic carbocycles. The highest BCUT2D eigenvalue weighted by atomic mass is 35.5. The molecule has 1 fully saturated rings. The zero-order chi connectivity index (χ0) is 20.9. The number of aryl methyl sites for hydroxylation is 2. The van der Waals surface area contributed by atoms with Gasteiger partial charge in [0.15, 0.2) is 0 Å². The Morgan fingerprint density at radius 1 is 1.17 bits per heavy atom. The van der Waals surface area contributed by atoms with Crippen LogP contribution in [0.25, 0.3) is 0 Å². The molecule has 1 saturated heterocycles. The number of alkyl halides is 3. The summed E-state index contributed by atoms with van der Waals surface area (Å²) in [6.07, 6.45) is -2.90. The molecular weight excluding hydrogens is 403 g/mol. The molecule has 2 aliphatic rings. The van der Waals surface area contributed by atoms with E-state index in [1.807, 2.05) is 29.7 Å². The SMILES string of the molecule is Cc1cc(C)c2c(c1Cl)CN(C(=O)CC1CN(c3ccnc(C(F)(F)F)c3)C1)C2. The molecule has 0 radical (unpaired) electrons. The number of carbonyl (C=O) groups is 1. The number of anilines is 1. The number of fused-ring (bicyclic) bond motifs is 1. The highest BCUT2D eigenvalue weighted by molar-refractivity contribution is 6.32. The van der Waals surface area contributed by atoms with Gasteiger partial charge >= 0.3 is 6.18 Å². The fraction of sp³-hybridized carbons (Fsp3) is 0.429. The third-order valence-corrected chi connectivity index (χ3v) is 6.28. The van der Waals surface area contributed by atoms with Crippen molar-refractivity contribution >= 4 is 23.2 Å². The van der Waals surface area contributed by atoms with Gasteiger partial charge in [-0.05, 0) is 48.2 Å². The van der Waals surface area contributed by atoms with Gasteiger partial charge < -0.3 is 9.80 Å². The predicted molar refractivity (Wildman–Crippen MR) is 105 cm³/mol. The average Bonchev–Trinajstić information content (AvgIpc) is 3.08. The Morgan fingerprint density at radius 2 is 1.86 bits per heavy atom. The second kappa shape index (κ2) is 7.20. The number of nitrogens with zero attached hydrogens (tertiary/aromatic N) is 3. The Hall–Kier alpha value is -2.28. The fourth-order valence-corrected chi connectivity index (χ4v) is 4.37. The van der Waals surface area contributed by atoms with Crippen molar-refractivity contribution in [3.63, 3.8) is 0 Å². The molecule has 4 nitrogen and oxygen atoms in total. The number of carbonyl (C=O) groups excluding carboxylic acids is 1.